The standard InChI is InChI=1S/C10H16N2/c1-8-10(4-7-12-8)9-2-5-11-6-3-9/h4,7,9,11-12H,2-3,5-6H2,1H3. The van der Waals surface area contributed by atoms with Crippen LogP contribution in [0.3, 0.4) is 0 Å². The topological polar surface area (TPSA) is 27.8 Å². The van der Waals surface area contributed by atoms with E-state index in [4.69, 9.17) is 0 Å². The third kappa shape index (κ3) is 1.39. The largest absolute Gasteiger partial charge is 0.365 e. The third-order valence-corrected chi connectivity index (χ3v) is 2.77. The summed E-state index contributed by atoms with van der Waals surface area (Å²) >= 11 is 0. The number of aromatic amines is 1. The molecular formula is C10H16N2. The minimum absolute atomic E-state index is 0.789. The minimum Gasteiger partial charge on any atom is -0.365 e. The van der Waals surface area contributed by atoms with Crippen molar-refractivity contribution >= 4 is 0 Å². The molecule has 12 heavy (non-hydrogen) atoms. The highest BCUT2D eigenvalue weighted by Crippen LogP contribution is 2.26. The first-order chi connectivity index (χ1) is 5.88. The van der Waals surface area contributed by atoms with E-state index in [1.807, 2.05) is 6.20 Å². The first-order valence-electron chi connectivity index (χ1n) is 4.72. The highest BCUT2D eigenvalue weighted by Gasteiger charge is 2.16. The maximum atomic E-state index is 3.39. The van der Waals surface area contributed by atoms with E-state index in [9.17, 15) is 0 Å². The van der Waals surface area contributed by atoms with Gasteiger partial charge in [0.15, 0.2) is 0 Å². The van der Waals surface area contributed by atoms with Crippen LogP contribution in [-0.2, 0) is 0 Å². The van der Waals surface area contributed by atoms with Gasteiger partial charge in [0.1, 0.15) is 0 Å². The van der Waals surface area contributed by atoms with Crippen LogP contribution in [0.25, 0.3) is 0 Å². The fourth-order valence-corrected chi connectivity index (χ4v) is 2.04. The fourth-order valence-electron chi connectivity index (χ4n) is 2.04. The van der Waals surface area contributed by atoms with Crippen molar-refractivity contribution in [2.45, 2.75) is 25.7 Å². The van der Waals surface area contributed by atoms with Crippen molar-refractivity contribution in [3.63, 3.8) is 0 Å². The van der Waals surface area contributed by atoms with Gasteiger partial charge < -0.3 is 10.3 Å². The molecule has 2 nitrogen and oxygen atoms in total. The first-order valence-corrected chi connectivity index (χ1v) is 4.72. The smallest absolute Gasteiger partial charge is 0.0150 e. The van der Waals surface area contributed by atoms with Crippen LogP contribution in [0.5, 0.6) is 0 Å². The molecule has 0 spiro atoms. The van der Waals surface area contributed by atoms with Crippen molar-refractivity contribution in [1.82, 2.24) is 10.3 Å². The molecule has 2 heteroatoms. The molecule has 0 radical (unpaired) electrons. The Labute approximate surface area is 73.4 Å². The lowest BCUT2D eigenvalue weighted by Crippen LogP contribution is -2.26. The molecule has 1 aliphatic rings. The maximum absolute atomic E-state index is 3.39. The summed E-state index contributed by atoms with van der Waals surface area (Å²) in [5.41, 5.74) is 2.87. The minimum atomic E-state index is 0.789. The molecule has 0 aromatic carbocycles. The van der Waals surface area contributed by atoms with Crippen molar-refractivity contribution in [2.24, 2.45) is 0 Å². The average molecular weight is 164 g/mol. The summed E-state index contributed by atoms with van der Waals surface area (Å²) in [6.45, 7) is 4.52. The first kappa shape index (κ1) is 7.87. The highest BCUT2D eigenvalue weighted by molar-refractivity contribution is 5.24. The maximum Gasteiger partial charge on any atom is 0.0150 e. The summed E-state index contributed by atoms with van der Waals surface area (Å²) in [4.78, 5) is 3.25. The van der Waals surface area contributed by atoms with Crippen LogP contribution >= 0.6 is 0 Å². The summed E-state index contributed by atoms with van der Waals surface area (Å²) in [5.74, 6) is 0.789. The van der Waals surface area contributed by atoms with Gasteiger partial charge in [-0.15, -0.1) is 0 Å². The van der Waals surface area contributed by atoms with E-state index in [0.29, 0.717) is 0 Å². The van der Waals surface area contributed by atoms with E-state index in [0.717, 1.165) is 5.92 Å². The Morgan fingerprint density at radius 3 is 2.67 bits per heavy atom. The predicted molar refractivity (Wildman–Crippen MR) is 50.4 cm³/mol. The number of aryl methyl sites for hydroxylation is 1. The van der Waals surface area contributed by atoms with Crippen LogP contribution in [-0.4, -0.2) is 18.1 Å². The van der Waals surface area contributed by atoms with E-state index in [-0.39, 0.29) is 0 Å². The van der Waals surface area contributed by atoms with Gasteiger partial charge in [-0.2, -0.15) is 0 Å². The number of hydrogen-bond donors (Lipinski definition) is 2. The van der Waals surface area contributed by atoms with Crippen LogP contribution in [0.15, 0.2) is 12.3 Å². The number of rotatable bonds is 1. The lowest BCUT2D eigenvalue weighted by atomic mass is 9.90. The van der Waals surface area contributed by atoms with Gasteiger partial charge in [-0.1, -0.05) is 0 Å². The van der Waals surface area contributed by atoms with Crippen LogP contribution in [0.2, 0.25) is 0 Å². The summed E-state index contributed by atoms with van der Waals surface area (Å²) in [7, 11) is 0. The molecule has 1 saturated heterocycles. The highest BCUT2D eigenvalue weighted by atomic mass is 14.9. The lowest BCUT2D eigenvalue weighted by molar-refractivity contribution is 0.459. The molecule has 0 bridgehead atoms. The molecular weight excluding hydrogens is 148 g/mol. The van der Waals surface area contributed by atoms with Crippen molar-refractivity contribution in [1.29, 1.82) is 0 Å². The van der Waals surface area contributed by atoms with E-state index < -0.39 is 0 Å². The monoisotopic (exact) mass is 164 g/mol. The van der Waals surface area contributed by atoms with Crippen molar-refractivity contribution in [3.05, 3.63) is 23.5 Å². The van der Waals surface area contributed by atoms with Gasteiger partial charge >= 0.3 is 0 Å². The zero-order valence-corrected chi connectivity index (χ0v) is 7.56. The Hall–Kier alpha value is -0.760. The Kier molecular flexibility index (Phi) is 2.17. The second kappa shape index (κ2) is 3.31. The molecule has 1 aromatic heterocycles. The average Bonchev–Trinajstić information content (AvgIpc) is 2.53. The van der Waals surface area contributed by atoms with E-state index in [2.05, 4.69) is 23.3 Å². The molecule has 0 amide bonds. The molecule has 2 heterocycles. The van der Waals surface area contributed by atoms with Gasteiger partial charge in [0.25, 0.3) is 0 Å². The molecule has 66 valence electrons. The molecule has 1 aromatic rings. The van der Waals surface area contributed by atoms with Crippen LogP contribution in [0.1, 0.15) is 30.0 Å². The summed E-state index contributed by atoms with van der Waals surface area (Å²) in [6, 6.07) is 2.23. The Morgan fingerprint density at radius 1 is 1.33 bits per heavy atom. The van der Waals surface area contributed by atoms with Gasteiger partial charge in [0.2, 0.25) is 0 Å². The summed E-state index contributed by atoms with van der Waals surface area (Å²) in [5, 5.41) is 3.39. The molecule has 0 atom stereocenters. The molecule has 1 aliphatic heterocycles. The third-order valence-electron chi connectivity index (χ3n) is 2.77. The zero-order valence-electron chi connectivity index (χ0n) is 7.56. The van der Waals surface area contributed by atoms with E-state index in [1.54, 1.807) is 0 Å². The van der Waals surface area contributed by atoms with Gasteiger partial charge in [-0.05, 0) is 50.4 Å². The summed E-state index contributed by atoms with van der Waals surface area (Å²) in [6.07, 6.45) is 4.63. The predicted octanol–water partition coefficient (Wildman–Crippen LogP) is 1.79. The fraction of sp³-hybridized carbons (Fsp3) is 0.600. The lowest BCUT2D eigenvalue weighted by Gasteiger charge is -2.22. The SMILES string of the molecule is Cc1[nH]ccc1C1CCNCC1. The Morgan fingerprint density at radius 2 is 2.08 bits per heavy atom. The number of piperidine rings is 1. The number of nitrogens with one attached hydrogen (secondary N) is 2. The van der Waals surface area contributed by atoms with Gasteiger partial charge in [-0.3, -0.25) is 0 Å². The molecule has 2 N–H and O–H groups in total. The van der Waals surface area contributed by atoms with Crippen LogP contribution in [0.4, 0.5) is 0 Å². The van der Waals surface area contributed by atoms with Crippen LogP contribution < -0.4 is 5.32 Å². The normalized spacial score (nSPS) is 19.8. The second-order valence-electron chi connectivity index (χ2n) is 3.58. The molecule has 2 rings (SSSR count). The number of hydrogen-bond acceptors (Lipinski definition) is 1. The van der Waals surface area contributed by atoms with Gasteiger partial charge in [-0.25, -0.2) is 0 Å². The van der Waals surface area contributed by atoms with E-state index in [1.165, 1.54) is 37.2 Å². The summed E-state index contributed by atoms with van der Waals surface area (Å²) < 4.78 is 0. The Balaban J connectivity index is 2.13. The molecule has 0 saturated carbocycles. The molecule has 0 unspecified atom stereocenters. The van der Waals surface area contributed by atoms with Gasteiger partial charge in [0.05, 0.1) is 0 Å². The zero-order chi connectivity index (χ0) is 8.39. The van der Waals surface area contributed by atoms with Gasteiger partial charge in [0, 0.05) is 11.9 Å². The van der Waals surface area contributed by atoms with Crippen molar-refractivity contribution in [3.8, 4) is 0 Å². The molecule has 1 fully saturated rings. The second-order valence-corrected chi connectivity index (χ2v) is 3.58. The van der Waals surface area contributed by atoms with Crippen molar-refractivity contribution < 1.29 is 0 Å². The Bertz CT molecular complexity index is 246. The van der Waals surface area contributed by atoms with Crippen LogP contribution in [0, 0.1) is 6.92 Å². The van der Waals surface area contributed by atoms with E-state index >= 15 is 0 Å². The molecule has 0 aliphatic carbocycles. The quantitative estimate of drug-likeness (QED) is 0.650. The number of aromatic nitrogens is 1. The number of H-pyrrole nitrogens is 1. The van der Waals surface area contributed by atoms with Crippen molar-refractivity contribution in [2.75, 3.05) is 13.1 Å².